The van der Waals surface area contributed by atoms with Crippen LogP contribution in [0, 0.1) is 23.2 Å². The van der Waals surface area contributed by atoms with Crippen molar-refractivity contribution in [1.82, 2.24) is 10.2 Å². The van der Waals surface area contributed by atoms with Gasteiger partial charge in [0.05, 0.1) is 11.4 Å². The van der Waals surface area contributed by atoms with Crippen LogP contribution in [-0.2, 0) is 4.79 Å². The molecular formula is C23H45ClN2O3. The van der Waals surface area contributed by atoms with Crippen LogP contribution >= 0.6 is 11.6 Å². The van der Waals surface area contributed by atoms with E-state index in [2.05, 4.69) is 36.2 Å². The van der Waals surface area contributed by atoms with Crippen molar-refractivity contribution < 1.29 is 15.7 Å². The fraction of sp³-hybridized carbons (Fsp3) is 0.870. The molecule has 172 valence electrons. The Bertz CT molecular complexity index is 520. The van der Waals surface area contributed by atoms with Gasteiger partial charge in [0.15, 0.2) is 0 Å². The van der Waals surface area contributed by atoms with E-state index in [4.69, 9.17) is 11.6 Å². The third-order valence-electron chi connectivity index (χ3n) is 7.04. The Balaban J connectivity index is 0.00000261. The Morgan fingerprint density at radius 3 is 2.34 bits per heavy atom. The number of carbonyl (C=O) groups excluding carboxylic acids is 1. The predicted molar refractivity (Wildman–Crippen MR) is 123 cm³/mol. The molecule has 6 heteroatoms. The highest BCUT2D eigenvalue weighted by Gasteiger charge is 2.41. The Morgan fingerprint density at radius 2 is 1.79 bits per heavy atom. The summed E-state index contributed by atoms with van der Waals surface area (Å²) in [5.41, 5.74) is 0.160. The van der Waals surface area contributed by atoms with Crippen LogP contribution in [0.3, 0.4) is 0 Å². The molecule has 3 aliphatic rings. The topological polar surface area (TPSA) is 95.3 Å². The number of likely N-dealkylation sites (tertiary alicyclic amines) is 1. The number of allylic oxidation sites excluding steroid dienone is 2. The van der Waals surface area contributed by atoms with E-state index in [1.807, 2.05) is 6.92 Å². The summed E-state index contributed by atoms with van der Waals surface area (Å²) in [7, 11) is 0. The summed E-state index contributed by atoms with van der Waals surface area (Å²) in [6, 6.07) is -0.0606. The number of nitrogens with one attached hydrogen (secondary N) is 1. The molecule has 0 aromatic heterocycles. The molecule has 5 nitrogen and oxygen atoms in total. The molecule has 1 saturated carbocycles. The van der Waals surface area contributed by atoms with Gasteiger partial charge in [-0.15, -0.1) is 11.6 Å². The third kappa shape index (κ3) is 7.23. The van der Waals surface area contributed by atoms with Crippen molar-refractivity contribution in [3.05, 3.63) is 12.2 Å². The van der Waals surface area contributed by atoms with E-state index in [-0.39, 0.29) is 41.1 Å². The lowest BCUT2D eigenvalue weighted by atomic mass is 9.65. The molecule has 1 heterocycles. The number of hydrogen-bond donors (Lipinski definition) is 1. The maximum atomic E-state index is 12.9. The number of rotatable bonds is 5. The number of halogens is 1. The molecule has 1 saturated heterocycles. The lowest BCUT2D eigenvalue weighted by Gasteiger charge is -2.48. The standard InChI is InChI=1S/C22H37ClN2O.CH4.2H2O/c1-16(24-14-17-6-4-5-7-17)21(26)25-13-12-20(22(2,3)15-25)18-8-10-19(23)11-9-18;;;/h8,10,16-20,24H,4-7,9,11-15H2,1-3H3;1H4;2*1H2/t16-,18?,19?,20?;;;/m1.../s1. The van der Waals surface area contributed by atoms with Gasteiger partial charge >= 0.3 is 0 Å². The molecule has 5 N–H and O–H groups in total. The van der Waals surface area contributed by atoms with E-state index < -0.39 is 0 Å². The second-order valence-corrected chi connectivity index (χ2v) is 10.1. The van der Waals surface area contributed by atoms with Gasteiger partial charge in [-0.05, 0) is 68.7 Å². The summed E-state index contributed by atoms with van der Waals surface area (Å²) >= 11 is 6.22. The number of alkyl halides is 1. The summed E-state index contributed by atoms with van der Waals surface area (Å²) in [6.45, 7) is 9.50. The molecule has 2 fully saturated rings. The van der Waals surface area contributed by atoms with Gasteiger partial charge in [-0.1, -0.05) is 46.3 Å². The van der Waals surface area contributed by atoms with Crippen LogP contribution in [0.15, 0.2) is 12.2 Å². The Kier molecular flexibility index (Phi) is 12.0. The number of piperidine rings is 1. The van der Waals surface area contributed by atoms with Gasteiger partial charge in [-0.25, -0.2) is 0 Å². The number of hydrogen-bond acceptors (Lipinski definition) is 2. The van der Waals surface area contributed by atoms with E-state index in [9.17, 15) is 4.79 Å². The van der Waals surface area contributed by atoms with Crippen molar-refractivity contribution in [2.24, 2.45) is 23.2 Å². The molecule has 0 radical (unpaired) electrons. The van der Waals surface area contributed by atoms with Crippen LogP contribution in [0.4, 0.5) is 0 Å². The van der Waals surface area contributed by atoms with Crippen molar-refractivity contribution in [2.45, 2.75) is 84.6 Å². The number of nitrogens with zero attached hydrogens (tertiary/aromatic N) is 1. The van der Waals surface area contributed by atoms with Crippen LogP contribution in [0.5, 0.6) is 0 Å². The van der Waals surface area contributed by atoms with Crippen LogP contribution in [-0.4, -0.2) is 52.8 Å². The molecule has 1 aliphatic heterocycles. The van der Waals surface area contributed by atoms with Crippen LogP contribution < -0.4 is 5.32 Å². The first-order valence-electron chi connectivity index (χ1n) is 10.7. The van der Waals surface area contributed by atoms with Crippen molar-refractivity contribution in [1.29, 1.82) is 0 Å². The highest BCUT2D eigenvalue weighted by atomic mass is 35.5. The van der Waals surface area contributed by atoms with E-state index in [0.29, 0.717) is 11.8 Å². The van der Waals surface area contributed by atoms with Crippen LogP contribution in [0.1, 0.15) is 73.1 Å². The van der Waals surface area contributed by atoms with E-state index in [0.717, 1.165) is 38.4 Å². The quantitative estimate of drug-likeness (QED) is 0.530. The molecule has 0 aromatic rings. The van der Waals surface area contributed by atoms with E-state index >= 15 is 0 Å². The van der Waals surface area contributed by atoms with Gasteiger partial charge in [0.2, 0.25) is 5.91 Å². The maximum absolute atomic E-state index is 12.9. The smallest absolute Gasteiger partial charge is 0.239 e. The molecule has 0 spiro atoms. The molecule has 3 unspecified atom stereocenters. The first-order valence-corrected chi connectivity index (χ1v) is 11.1. The minimum atomic E-state index is -0.0606. The van der Waals surface area contributed by atoms with E-state index in [1.165, 1.54) is 32.1 Å². The zero-order valence-electron chi connectivity index (χ0n) is 17.8. The van der Waals surface area contributed by atoms with Crippen molar-refractivity contribution in [2.75, 3.05) is 19.6 Å². The monoisotopic (exact) mass is 432 g/mol. The SMILES string of the molecule is C.C[C@@H](NCC1CCCC1)C(=O)N1CCC(C2C=CC(Cl)CC2)C(C)(C)C1.O.O. The molecule has 4 atom stereocenters. The van der Waals surface area contributed by atoms with Crippen LogP contribution in [0.25, 0.3) is 0 Å². The molecule has 29 heavy (non-hydrogen) atoms. The Morgan fingerprint density at radius 1 is 1.14 bits per heavy atom. The lowest BCUT2D eigenvalue weighted by Crippen LogP contribution is -2.54. The minimum absolute atomic E-state index is 0. The maximum Gasteiger partial charge on any atom is 0.239 e. The van der Waals surface area contributed by atoms with Gasteiger partial charge in [-0.3, -0.25) is 4.79 Å². The average molecular weight is 433 g/mol. The summed E-state index contributed by atoms with van der Waals surface area (Å²) < 4.78 is 0. The van der Waals surface area contributed by atoms with Crippen molar-refractivity contribution in [3.63, 3.8) is 0 Å². The fourth-order valence-corrected chi connectivity index (χ4v) is 5.63. The largest absolute Gasteiger partial charge is 0.412 e. The molecule has 0 bridgehead atoms. The van der Waals surface area contributed by atoms with Crippen LogP contribution in [0.2, 0.25) is 0 Å². The third-order valence-corrected chi connectivity index (χ3v) is 7.41. The van der Waals surface area contributed by atoms with Crippen molar-refractivity contribution in [3.8, 4) is 0 Å². The van der Waals surface area contributed by atoms with Crippen molar-refractivity contribution >= 4 is 17.5 Å². The minimum Gasteiger partial charge on any atom is -0.412 e. The fourth-order valence-electron chi connectivity index (χ4n) is 5.42. The van der Waals surface area contributed by atoms with Gasteiger partial charge in [0.25, 0.3) is 0 Å². The second-order valence-electron chi connectivity index (χ2n) is 9.57. The second kappa shape index (κ2) is 12.3. The molecule has 3 rings (SSSR count). The zero-order chi connectivity index (χ0) is 18.7. The Hall–Kier alpha value is -0.620. The molecule has 2 aliphatic carbocycles. The molecular weight excluding hydrogens is 388 g/mol. The molecule has 1 amide bonds. The summed E-state index contributed by atoms with van der Waals surface area (Å²) in [5.74, 6) is 2.33. The van der Waals surface area contributed by atoms with Gasteiger partial charge < -0.3 is 21.2 Å². The van der Waals surface area contributed by atoms with E-state index in [1.54, 1.807) is 0 Å². The van der Waals surface area contributed by atoms with Gasteiger partial charge in [-0.2, -0.15) is 0 Å². The molecule has 0 aromatic carbocycles. The van der Waals surface area contributed by atoms with Gasteiger partial charge in [0.1, 0.15) is 0 Å². The normalized spacial score (nSPS) is 29.9. The summed E-state index contributed by atoms with van der Waals surface area (Å²) in [5, 5.41) is 3.72. The highest BCUT2D eigenvalue weighted by molar-refractivity contribution is 6.21. The number of carbonyl (C=O) groups is 1. The number of amides is 1. The zero-order valence-corrected chi connectivity index (χ0v) is 18.6. The first kappa shape index (κ1) is 28.4. The van der Waals surface area contributed by atoms with Gasteiger partial charge in [0, 0.05) is 13.1 Å². The first-order chi connectivity index (χ1) is 12.4. The lowest BCUT2D eigenvalue weighted by molar-refractivity contribution is -0.138. The summed E-state index contributed by atoms with van der Waals surface area (Å²) in [4.78, 5) is 15.1. The summed E-state index contributed by atoms with van der Waals surface area (Å²) in [6.07, 6.45) is 13.3. The predicted octanol–water partition coefficient (Wildman–Crippen LogP) is 3.59. The average Bonchev–Trinajstić information content (AvgIpc) is 3.13. The highest BCUT2D eigenvalue weighted by Crippen LogP contribution is 2.43. The Labute approximate surface area is 183 Å².